The van der Waals surface area contributed by atoms with Gasteiger partial charge >= 0.3 is 5.97 Å². The SMILES string of the molecule is Cc1cc(Oc2c(Br)cc(CC(=O)N(CC(=O)O)c3ccccc3)cc2Br)cc(C)c1O. The van der Waals surface area contributed by atoms with Gasteiger partial charge in [-0.05, 0) is 98.8 Å². The number of aromatic hydroxyl groups is 1. The molecule has 0 fully saturated rings. The maximum absolute atomic E-state index is 12.9. The van der Waals surface area contributed by atoms with Crippen LogP contribution >= 0.6 is 31.9 Å². The number of carboxylic acid groups (broad SMARTS) is 1. The second-order valence-electron chi connectivity index (χ2n) is 7.28. The molecule has 0 aliphatic rings. The van der Waals surface area contributed by atoms with E-state index >= 15 is 0 Å². The molecule has 32 heavy (non-hydrogen) atoms. The second kappa shape index (κ2) is 10.2. The van der Waals surface area contributed by atoms with Crippen LogP contribution in [0.25, 0.3) is 0 Å². The highest BCUT2D eigenvalue weighted by Crippen LogP contribution is 2.39. The summed E-state index contributed by atoms with van der Waals surface area (Å²) in [6, 6.07) is 15.7. The van der Waals surface area contributed by atoms with Gasteiger partial charge in [0.1, 0.15) is 18.0 Å². The number of hydrogen-bond donors (Lipinski definition) is 2. The zero-order chi connectivity index (χ0) is 23.4. The first kappa shape index (κ1) is 23.8. The van der Waals surface area contributed by atoms with E-state index in [2.05, 4.69) is 31.9 Å². The van der Waals surface area contributed by atoms with E-state index < -0.39 is 12.5 Å². The Morgan fingerprint density at radius 1 is 0.969 bits per heavy atom. The van der Waals surface area contributed by atoms with E-state index in [1.54, 1.807) is 68.4 Å². The number of aliphatic carboxylic acids is 1. The van der Waals surface area contributed by atoms with Gasteiger partial charge in [0, 0.05) is 5.69 Å². The molecule has 3 aromatic rings. The molecule has 0 unspecified atom stereocenters. The number of carbonyl (C=O) groups excluding carboxylic acids is 1. The molecule has 0 spiro atoms. The van der Waals surface area contributed by atoms with Crippen molar-refractivity contribution in [3.63, 3.8) is 0 Å². The van der Waals surface area contributed by atoms with Crippen LogP contribution in [-0.2, 0) is 16.0 Å². The molecule has 166 valence electrons. The standard InChI is InChI=1S/C24H21Br2NO5/c1-14-8-18(9-15(2)23(14)31)32-24-19(25)10-16(11-20(24)26)12-21(28)27(13-22(29)30)17-6-4-3-5-7-17/h3-11,31H,12-13H2,1-2H3,(H,29,30). The first-order valence-electron chi connectivity index (χ1n) is 9.69. The van der Waals surface area contributed by atoms with E-state index in [1.807, 2.05) is 0 Å². The number of carboxylic acids is 1. The highest BCUT2D eigenvalue weighted by atomic mass is 79.9. The van der Waals surface area contributed by atoms with Crippen molar-refractivity contribution in [1.29, 1.82) is 0 Å². The summed E-state index contributed by atoms with van der Waals surface area (Å²) in [5.41, 5.74) is 2.62. The van der Waals surface area contributed by atoms with E-state index in [0.29, 0.717) is 42.8 Å². The molecule has 0 heterocycles. The molecular formula is C24H21Br2NO5. The summed E-state index contributed by atoms with van der Waals surface area (Å²) in [5, 5.41) is 19.2. The number of hydrogen-bond acceptors (Lipinski definition) is 4. The van der Waals surface area contributed by atoms with Crippen LogP contribution in [0.1, 0.15) is 16.7 Å². The Morgan fingerprint density at radius 3 is 2.06 bits per heavy atom. The van der Waals surface area contributed by atoms with Crippen molar-refractivity contribution < 1.29 is 24.5 Å². The molecule has 0 bridgehead atoms. The largest absolute Gasteiger partial charge is 0.507 e. The quantitative estimate of drug-likeness (QED) is 0.369. The first-order valence-corrected chi connectivity index (χ1v) is 11.3. The first-order chi connectivity index (χ1) is 15.2. The van der Waals surface area contributed by atoms with Gasteiger partial charge in [0.25, 0.3) is 0 Å². The van der Waals surface area contributed by atoms with Crippen molar-refractivity contribution in [2.75, 3.05) is 11.4 Å². The lowest BCUT2D eigenvalue weighted by Crippen LogP contribution is -2.36. The number of nitrogens with zero attached hydrogens (tertiary/aromatic N) is 1. The monoisotopic (exact) mass is 561 g/mol. The van der Waals surface area contributed by atoms with Gasteiger partial charge in [0.05, 0.1) is 15.4 Å². The van der Waals surface area contributed by atoms with Crippen LogP contribution in [-0.4, -0.2) is 28.6 Å². The van der Waals surface area contributed by atoms with Crippen molar-refractivity contribution >= 4 is 49.4 Å². The zero-order valence-electron chi connectivity index (χ0n) is 17.4. The fourth-order valence-electron chi connectivity index (χ4n) is 3.24. The van der Waals surface area contributed by atoms with Crippen LogP contribution in [0, 0.1) is 13.8 Å². The van der Waals surface area contributed by atoms with Gasteiger partial charge < -0.3 is 19.8 Å². The Morgan fingerprint density at radius 2 is 1.53 bits per heavy atom. The van der Waals surface area contributed by atoms with Gasteiger partial charge in [-0.25, -0.2) is 0 Å². The zero-order valence-corrected chi connectivity index (χ0v) is 20.6. The molecule has 0 atom stereocenters. The molecule has 3 aromatic carbocycles. The lowest BCUT2D eigenvalue weighted by Gasteiger charge is -2.21. The number of benzene rings is 3. The number of phenols is 1. The van der Waals surface area contributed by atoms with Crippen LogP contribution in [0.2, 0.25) is 0 Å². The highest BCUT2D eigenvalue weighted by Gasteiger charge is 2.20. The van der Waals surface area contributed by atoms with E-state index in [-0.39, 0.29) is 18.1 Å². The smallest absolute Gasteiger partial charge is 0.323 e. The van der Waals surface area contributed by atoms with Gasteiger partial charge in [-0.1, -0.05) is 18.2 Å². The number of carbonyl (C=O) groups is 2. The summed E-state index contributed by atoms with van der Waals surface area (Å²) >= 11 is 6.99. The minimum atomic E-state index is -1.09. The molecule has 0 saturated carbocycles. The normalized spacial score (nSPS) is 10.6. The Bertz CT molecular complexity index is 1120. The van der Waals surface area contributed by atoms with Crippen LogP contribution in [0.4, 0.5) is 5.69 Å². The molecule has 0 saturated heterocycles. The van der Waals surface area contributed by atoms with E-state index in [1.165, 1.54) is 4.90 Å². The maximum Gasteiger partial charge on any atom is 0.323 e. The number of amides is 1. The summed E-state index contributed by atoms with van der Waals surface area (Å²) in [5.74, 6) is -0.104. The summed E-state index contributed by atoms with van der Waals surface area (Å²) < 4.78 is 7.26. The van der Waals surface area contributed by atoms with Crippen LogP contribution in [0.15, 0.2) is 63.5 Å². The van der Waals surface area contributed by atoms with Gasteiger partial charge in [0.15, 0.2) is 5.75 Å². The number of aryl methyl sites for hydroxylation is 2. The van der Waals surface area contributed by atoms with Crippen molar-refractivity contribution in [3.05, 3.63) is 80.2 Å². The van der Waals surface area contributed by atoms with Crippen molar-refractivity contribution in [1.82, 2.24) is 0 Å². The fourth-order valence-corrected chi connectivity index (χ4v) is 4.68. The Hall–Kier alpha value is -2.84. The van der Waals surface area contributed by atoms with Gasteiger partial charge in [-0.2, -0.15) is 0 Å². The lowest BCUT2D eigenvalue weighted by molar-refractivity contribution is -0.136. The number of halogens is 2. The third-order valence-corrected chi connectivity index (χ3v) is 5.94. The molecule has 8 heteroatoms. The van der Waals surface area contributed by atoms with Crippen LogP contribution in [0.5, 0.6) is 17.2 Å². The molecule has 0 radical (unpaired) electrons. The van der Waals surface area contributed by atoms with E-state index in [9.17, 15) is 19.8 Å². The summed E-state index contributed by atoms with van der Waals surface area (Å²) in [4.78, 5) is 25.5. The summed E-state index contributed by atoms with van der Waals surface area (Å²) in [6.07, 6.45) is 0.0110. The predicted octanol–water partition coefficient (Wildman–Crippen LogP) is 5.99. The molecule has 3 rings (SSSR count). The molecular weight excluding hydrogens is 542 g/mol. The predicted molar refractivity (Wildman–Crippen MR) is 130 cm³/mol. The summed E-state index contributed by atoms with van der Waals surface area (Å²) in [7, 11) is 0. The summed E-state index contributed by atoms with van der Waals surface area (Å²) in [6.45, 7) is 3.17. The van der Waals surface area contributed by atoms with Gasteiger partial charge in [0.2, 0.25) is 5.91 Å². The Kier molecular flexibility index (Phi) is 7.58. The van der Waals surface area contributed by atoms with E-state index in [4.69, 9.17) is 4.74 Å². The molecule has 1 amide bonds. The second-order valence-corrected chi connectivity index (χ2v) is 8.99. The molecule has 0 aliphatic heterocycles. The van der Waals surface area contributed by atoms with E-state index in [0.717, 1.165) is 0 Å². The Balaban J connectivity index is 1.84. The molecule has 0 aromatic heterocycles. The maximum atomic E-state index is 12.9. The molecule has 6 nitrogen and oxygen atoms in total. The van der Waals surface area contributed by atoms with Gasteiger partial charge in [-0.3, -0.25) is 9.59 Å². The van der Waals surface area contributed by atoms with Gasteiger partial charge in [-0.15, -0.1) is 0 Å². The minimum Gasteiger partial charge on any atom is -0.507 e. The average molecular weight is 563 g/mol. The van der Waals surface area contributed by atoms with Crippen molar-refractivity contribution in [2.45, 2.75) is 20.3 Å². The number of rotatable bonds is 7. The Labute approximate surface area is 202 Å². The highest BCUT2D eigenvalue weighted by molar-refractivity contribution is 9.11. The van der Waals surface area contributed by atoms with Crippen molar-refractivity contribution in [3.8, 4) is 17.2 Å². The number of phenolic OH excluding ortho intramolecular Hbond substituents is 1. The van der Waals surface area contributed by atoms with Crippen molar-refractivity contribution in [2.24, 2.45) is 0 Å². The number of anilines is 1. The third-order valence-electron chi connectivity index (χ3n) is 4.76. The average Bonchev–Trinajstić information content (AvgIpc) is 2.73. The third kappa shape index (κ3) is 5.69. The number of para-hydroxylation sites is 1. The lowest BCUT2D eigenvalue weighted by atomic mass is 10.1. The fraction of sp³-hybridized carbons (Fsp3) is 0.167. The minimum absolute atomic E-state index is 0.0110. The topological polar surface area (TPSA) is 87.1 Å². The van der Waals surface area contributed by atoms with Crippen LogP contribution in [0.3, 0.4) is 0 Å². The number of ether oxygens (including phenoxy) is 1. The van der Waals surface area contributed by atoms with Crippen LogP contribution < -0.4 is 9.64 Å². The molecule has 2 N–H and O–H groups in total. The molecule has 0 aliphatic carbocycles.